The summed E-state index contributed by atoms with van der Waals surface area (Å²) in [5.74, 6) is -0.431. The second-order valence-electron chi connectivity index (χ2n) is 4.89. The largest absolute Gasteiger partial charge is 0.356 e. The molecule has 0 spiro atoms. The van der Waals surface area contributed by atoms with Crippen LogP contribution in [0.4, 0.5) is 8.78 Å². The van der Waals surface area contributed by atoms with Gasteiger partial charge in [-0.2, -0.15) is 0 Å². The Morgan fingerprint density at radius 3 is 2.45 bits per heavy atom. The molecule has 0 radical (unpaired) electrons. The first-order valence-electron chi connectivity index (χ1n) is 7.01. The third-order valence-corrected chi connectivity index (χ3v) is 4.08. The minimum absolute atomic E-state index is 0.521. The van der Waals surface area contributed by atoms with Crippen LogP contribution in [0, 0.1) is 18.6 Å². The van der Waals surface area contributed by atoms with E-state index < -0.39 is 11.6 Å². The lowest BCUT2D eigenvalue weighted by Crippen LogP contribution is -2.37. The van der Waals surface area contributed by atoms with Gasteiger partial charge >= 0.3 is 0 Å². The number of aryl methyl sites for hydroxylation is 1. The van der Waals surface area contributed by atoms with E-state index in [0.29, 0.717) is 31.0 Å². The number of halogens is 2. The molecule has 1 heterocycles. The van der Waals surface area contributed by atoms with Gasteiger partial charge in [-0.05, 0) is 43.2 Å². The molecule has 0 aliphatic carbocycles. The highest BCUT2D eigenvalue weighted by Gasteiger charge is 2.03. The highest BCUT2D eigenvalue weighted by Crippen LogP contribution is 2.14. The van der Waals surface area contributed by atoms with E-state index in [1.165, 1.54) is 21.9 Å². The maximum atomic E-state index is 13.1. The molecule has 0 aliphatic heterocycles. The number of nitrogens with zero attached hydrogens (tertiary/aromatic N) is 1. The fourth-order valence-corrected chi connectivity index (χ4v) is 2.88. The number of benzene rings is 1. The molecule has 0 aliphatic rings. The number of hydrogen-bond acceptors (Lipinski definition) is 2. The van der Waals surface area contributed by atoms with Crippen LogP contribution >= 0.6 is 11.3 Å². The van der Waals surface area contributed by atoms with Crippen LogP contribution in [-0.4, -0.2) is 19.6 Å². The van der Waals surface area contributed by atoms with Gasteiger partial charge in [0.15, 0.2) is 5.96 Å². The Morgan fingerprint density at radius 1 is 1.14 bits per heavy atom. The lowest BCUT2D eigenvalue weighted by molar-refractivity contribution is 0.579. The lowest BCUT2D eigenvalue weighted by Gasteiger charge is -2.11. The highest BCUT2D eigenvalue weighted by molar-refractivity contribution is 7.11. The van der Waals surface area contributed by atoms with Crippen LogP contribution in [0.15, 0.2) is 35.3 Å². The highest BCUT2D eigenvalue weighted by atomic mass is 32.1. The van der Waals surface area contributed by atoms with E-state index in [0.717, 1.165) is 6.07 Å². The minimum Gasteiger partial charge on any atom is -0.356 e. The fourth-order valence-electron chi connectivity index (χ4n) is 2.05. The lowest BCUT2D eigenvalue weighted by atomic mass is 10.1. The van der Waals surface area contributed by atoms with Crippen LogP contribution in [0.5, 0.6) is 0 Å². The normalized spacial score (nSPS) is 11.5. The molecule has 1 aromatic heterocycles. The number of guanidine groups is 1. The van der Waals surface area contributed by atoms with Gasteiger partial charge < -0.3 is 10.6 Å². The van der Waals surface area contributed by atoms with Crippen LogP contribution in [0.25, 0.3) is 0 Å². The van der Waals surface area contributed by atoms with Gasteiger partial charge in [0.25, 0.3) is 0 Å². The SMILES string of the molecule is CN=C(NCCc1cc(F)cc(F)c1)NCc1ccc(C)s1. The van der Waals surface area contributed by atoms with Gasteiger partial charge in [-0.3, -0.25) is 4.99 Å². The van der Waals surface area contributed by atoms with Gasteiger partial charge in [-0.15, -0.1) is 11.3 Å². The summed E-state index contributed by atoms with van der Waals surface area (Å²) in [6, 6.07) is 7.72. The van der Waals surface area contributed by atoms with Gasteiger partial charge in [0.2, 0.25) is 0 Å². The van der Waals surface area contributed by atoms with E-state index in [-0.39, 0.29) is 0 Å². The number of nitrogens with one attached hydrogen (secondary N) is 2. The Labute approximate surface area is 133 Å². The Bertz CT molecular complexity index is 632. The molecule has 2 aromatic rings. The first-order valence-corrected chi connectivity index (χ1v) is 7.83. The topological polar surface area (TPSA) is 36.4 Å². The summed E-state index contributed by atoms with van der Waals surface area (Å²) in [4.78, 5) is 6.63. The molecule has 0 saturated heterocycles. The van der Waals surface area contributed by atoms with E-state index in [1.807, 2.05) is 0 Å². The molecule has 3 nitrogen and oxygen atoms in total. The van der Waals surface area contributed by atoms with E-state index >= 15 is 0 Å². The van der Waals surface area contributed by atoms with E-state index in [9.17, 15) is 8.78 Å². The molecule has 0 fully saturated rings. The molecule has 2 N–H and O–H groups in total. The summed E-state index contributed by atoms with van der Waals surface area (Å²) >= 11 is 1.74. The van der Waals surface area contributed by atoms with Crippen molar-refractivity contribution in [3.05, 3.63) is 57.3 Å². The van der Waals surface area contributed by atoms with Crippen molar-refractivity contribution in [3.8, 4) is 0 Å². The van der Waals surface area contributed by atoms with Crippen molar-refractivity contribution in [1.29, 1.82) is 0 Å². The predicted molar refractivity (Wildman–Crippen MR) is 87.3 cm³/mol. The van der Waals surface area contributed by atoms with Crippen molar-refractivity contribution in [3.63, 3.8) is 0 Å². The summed E-state index contributed by atoms with van der Waals surface area (Å²) in [5.41, 5.74) is 0.620. The quantitative estimate of drug-likeness (QED) is 0.655. The maximum Gasteiger partial charge on any atom is 0.191 e. The molecular formula is C16H19F2N3S. The van der Waals surface area contributed by atoms with Crippen molar-refractivity contribution in [2.75, 3.05) is 13.6 Å². The van der Waals surface area contributed by atoms with E-state index in [2.05, 4.69) is 34.7 Å². The Morgan fingerprint density at radius 2 is 1.86 bits per heavy atom. The molecule has 1 aromatic carbocycles. The van der Waals surface area contributed by atoms with Crippen LogP contribution in [0.3, 0.4) is 0 Å². The molecule has 6 heteroatoms. The van der Waals surface area contributed by atoms with Gasteiger partial charge in [0.1, 0.15) is 11.6 Å². The zero-order valence-corrected chi connectivity index (χ0v) is 13.4. The molecular weight excluding hydrogens is 304 g/mol. The summed E-state index contributed by atoms with van der Waals surface area (Å²) < 4.78 is 26.2. The van der Waals surface area contributed by atoms with Gasteiger partial charge in [0, 0.05) is 29.4 Å². The van der Waals surface area contributed by atoms with Crippen molar-refractivity contribution in [2.24, 2.45) is 4.99 Å². The molecule has 0 unspecified atom stereocenters. The zero-order chi connectivity index (χ0) is 15.9. The van der Waals surface area contributed by atoms with E-state index in [1.54, 1.807) is 18.4 Å². The average molecular weight is 323 g/mol. The molecule has 2 rings (SSSR count). The van der Waals surface area contributed by atoms with Crippen LogP contribution < -0.4 is 10.6 Å². The van der Waals surface area contributed by atoms with Crippen LogP contribution in [0.1, 0.15) is 15.3 Å². The molecule has 22 heavy (non-hydrogen) atoms. The average Bonchev–Trinajstić information content (AvgIpc) is 2.87. The summed E-state index contributed by atoms with van der Waals surface area (Å²) in [7, 11) is 1.69. The monoisotopic (exact) mass is 323 g/mol. The number of rotatable bonds is 5. The van der Waals surface area contributed by atoms with Crippen molar-refractivity contribution < 1.29 is 8.78 Å². The summed E-state index contributed by atoms with van der Waals surface area (Å²) in [6.07, 6.45) is 0.521. The van der Waals surface area contributed by atoms with Crippen molar-refractivity contribution >= 4 is 17.3 Å². The molecule has 0 bridgehead atoms. The Kier molecular flexibility index (Phi) is 5.89. The van der Waals surface area contributed by atoms with Gasteiger partial charge in [-0.1, -0.05) is 0 Å². The second kappa shape index (κ2) is 7.89. The summed E-state index contributed by atoms with van der Waals surface area (Å²) in [6.45, 7) is 3.32. The maximum absolute atomic E-state index is 13.1. The first kappa shape index (κ1) is 16.4. The van der Waals surface area contributed by atoms with Crippen molar-refractivity contribution in [1.82, 2.24) is 10.6 Å². The van der Waals surface area contributed by atoms with E-state index in [4.69, 9.17) is 0 Å². The first-order chi connectivity index (χ1) is 10.6. The standard InChI is InChI=1S/C16H19F2N3S/c1-11-3-4-15(22-11)10-21-16(19-2)20-6-5-12-7-13(17)9-14(18)8-12/h3-4,7-9H,5-6,10H2,1-2H3,(H2,19,20,21). The Hall–Kier alpha value is -1.95. The second-order valence-corrected chi connectivity index (χ2v) is 6.27. The smallest absolute Gasteiger partial charge is 0.191 e. The number of aliphatic imine (C=N–C) groups is 1. The third-order valence-electron chi connectivity index (χ3n) is 3.08. The Balaban J connectivity index is 1.78. The zero-order valence-electron chi connectivity index (χ0n) is 12.6. The van der Waals surface area contributed by atoms with Crippen LogP contribution in [-0.2, 0) is 13.0 Å². The fraction of sp³-hybridized carbons (Fsp3) is 0.312. The molecule has 118 valence electrons. The van der Waals surface area contributed by atoms with Gasteiger partial charge in [0.05, 0.1) is 6.54 Å². The minimum atomic E-state index is -0.550. The third kappa shape index (κ3) is 5.11. The predicted octanol–water partition coefficient (Wildman–Crippen LogP) is 3.24. The number of hydrogen-bond donors (Lipinski definition) is 2. The van der Waals surface area contributed by atoms with Crippen LogP contribution in [0.2, 0.25) is 0 Å². The van der Waals surface area contributed by atoms with Crippen molar-refractivity contribution in [2.45, 2.75) is 19.9 Å². The molecule has 0 amide bonds. The summed E-state index contributed by atoms with van der Waals surface area (Å²) in [5, 5.41) is 6.34. The molecule has 0 atom stereocenters. The van der Waals surface area contributed by atoms with Gasteiger partial charge in [-0.25, -0.2) is 8.78 Å². The number of thiophene rings is 1. The molecule has 0 saturated carbocycles.